The summed E-state index contributed by atoms with van der Waals surface area (Å²) in [5, 5.41) is 11.7. The van der Waals surface area contributed by atoms with Gasteiger partial charge in [-0.3, -0.25) is 4.79 Å². The molecule has 0 saturated carbocycles. The first-order chi connectivity index (χ1) is 9.63. The third kappa shape index (κ3) is 3.05. The number of nitrogens with zero attached hydrogens (tertiary/aromatic N) is 2. The highest BCUT2D eigenvalue weighted by Gasteiger charge is 2.10. The van der Waals surface area contributed by atoms with Crippen molar-refractivity contribution in [3.05, 3.63) is 52.8 Å². The van der Waals surface area contributed by atoms with Gasteiger partial charge in [0, 0.05) is 12.3 Å². The molecule has 0 aliphatic carbocycles. The van der Waals surface area contributed by atoms with Crippen LogP contribution < -0.4 is 10.1 Å². The van der Waals surface area contributed by atoms with Gasteiger partial charge >= 0.3 is 0 Å². The number of hydrogen-bond donors (Lipinski definition) is 1. The van der Waals surface area contributed by atoms with E-state index in [1.165, 1.54) is 25.4 Å². The Bertz CT molecular complexity index is 678. The summed E-state index contributed by atoms with van der Waals surface area (Å²) in [5.74, 6) is 0.169. The number of ether oxygens (including phenoxy) is 1. The first kappa shape index (κ1) is 13.8. The lowest BCUT2D eigenvalue weighted by Crippen LogP contribution is -2.14. The predicted octanol–water partition coefficient (Wildman–Crippen LogP) is 2.87. The molecule has 0 atom stereocenters. The number of hydrogen-bond acceptors (Lipinski definition) is 4. The van der Waals surface area contributed by atoms with Gasteiger partial charge in [0.1, 0.15) is 17.5 Å². The van der Waals surface area contributed by atoms with Gasteiger partial charge in [0.05, 0.1) is 23.4 Å². The van der Waals surface area contributed by atoms with Gasteiger partial charge in [0.2, 0.25) is 0 Å². The largest absolute Gasteiger partial charge is 0.497 e. The number of halogens is 1. The summed E-state index contributed by atoms with van der Waals surface area (Å²) < 4.78 is 5.07. The number of methoxy groups -OCH3 is 1. The molecule has 6 heteroatoms. The highest BCUT2D eigenvalue weighted by atomic mass is 35.5. The average Bonchev–Trinajstić information content (AvgIpc) is 2.49. The molecule has 0 saturated heterocycles. The zero-order valence-electron chi connectivity index (χ0n) is 10.6. The van der Waals surface area contributed by atoms with E-state index >= 15 is 0 Å². The van der Waals surface area contributed by atoms with Crippen molar-refractivity contribution in [2.45, 2.75) is 0 Å². The van der Waals surface area contributed by atoms with Gasteiger partial charge in [-0.15, -0.1) is 0 Å². The van der Waals surface area contributed by atoms with E-state index in [0.29, 0.717) is 22.0 Å². The fraction of sp³-hybridized carbons (Fsp3) is 0.0714. The van der Waals surface area contributed by atoms with Crippen molar-refractivity contribution in [3.8, 4) is 11.8 Å². The van der Waals surface area contributed by atoms with E-state index in [4.69, 9.17) is 21.6 Å². The number of rotatable bonds is 3. The van der Waals surface area contributed by atoms with Crippen molar-refractivity contribution < 1.29 is 9.53 Å². The van der Waals surface area contributed by atoms with E-state index in [1.54, 1.807) is 18.2 Å². The Hall–Kier alpha value is -2.58. The van der Waals surface area contributed by atoms with Gasteiger partial charge in [-0.25, -0.2) is 4.98 Å². The lowest BCUT2D eigenvalue weighted by molar-refractivity contribution is 0.102. The Morgan fingerprint density at radius 2 is 2.20 bits per heavy atom. The van der Waals surface area contributed by atoms with Crippen molar-refractivity contribution >= 4 is 23.2 Å². The van der Waals surface area contributed by atoms with Crippen LogP contribution in [0.15, 0.2) is 36.5 Å². The van der Waals surface area contributed by atoms with E-state index in [9.17, 15) is 4.79 Å². The van der Waals surface area contributed by atoms with Crippen molar-refractivity contribution in [1.29, 1.82) is 5.26 Å². The number of benzene rings is 1. The van der Waals surface area contributed by atoms with Crippen LogP contribution in [0.1, 0.15) is 16.1 Å². The number of pyridine rings is 1. The van der Waals surface area contributed by atoms with Crippen molar-refractivity contribution in [2.75, 3.05) is 12.4 Å². The molecule has 0 bridgehead atoms. The maximum atomic E-state index is 12.0. The molecule has 20 heavy (non-hydrogen) atoms. The summed E-state index contributed by atoms with van der Waals surface area (Å²) >= 11 is 6.00. The maximum Gasteiger partial charge on any atom is 0.274 e. The van der Waals surface area contributed by atoms with Crippen molar-refractivity contribution in [2.24, 2.45) is 0 Å². The quantitative estimate of drug-likeness (QED) is 0.942. The number of anilines is 1. The summed E-state index contributed by atoms with van der Waals surface area (Å²) in [4.78, 5) is 15.9. The summed E-state index contributed by atoms with van der Waals surface area (Å²) in [5.41, 5.74) is 1.02. The Morgan fingerprint density at radius 3 is 2.80 bits per heavy atom. The van der Waals surface area contributed by atoms with E-state index in [1.807, 2.05) is 6.07 Å². The molecule has 0 unspecified atom stereocenters. The number of aromatic nitrogens is 1. The fourth-order valence-corrected chi connectivity index (χ4v) is 1.67. The van der Waals surface area contributed by atoms with Crippen LogP contribution in [0.5, 0.6) is 5.75 Å². The van der Waals surface area contributed by atoms with E-state index in [0.717, 1.165) is 0 Å². The summed E-state index contributed by atoms with van der Waals surface area (Å²) in [6.45, 7) is 0. The van der Waals surface area contributed by atoms with Crippen LogP contribution in [-0.2, 0) is 0 Å². The van der Waals surface area contributed by atoms with Crippen LogP contribution in [-0.4, -0.2) is 18.0 Å². The molecule has 5 nitrogen and oxygen atoms in total. The molecular weight excluding hydrogens is 278 g/mol. The average molecular weight is 288 g/mol. The first-order valence-electron chi connectivity index (χ1n) is 5.65. The monoisotopic (exact) mass is 287 g/mol. The minimum absolute atomic E-state index is 0.197. The lowest BCUT2D eigenvalue weighted by atomic mass is 10.2. The van der Waals surface area contributed by atoms with Crippen LogP contribution >= 0.6 is 11.6 Å². The molecule has 1 N–H and O–H groups in total. The molecule has 1 amide bonds. The van der Waals surface area contributed by atoms with E-state index in [-0.39, 0.29) is 5.69 Å². The molecular formula is C14H10ClN3O2. The fourth-order valence-electron chi connectivity index (χ4n) is 1.51. The van der Waals surface area contributed by atoms with Gasteiger partial charge in [0.15, 0.2) is 0 Å². The molecule has 0 aliphatic heterocycles. The molecule has 1 aromatic carbocycles. The Morgan fingerprint density at radius 1 is 1.40 bits per heavy atom. The second-order valence-corrected chi connectivity index (χ2v) is 4.25. The van der Waals surface area contributed by atoms with Gasteiger partial charge in [-0.1, -0.05) is 11.6 Å². The molecule has 2 rings (SSSR count). The topological polar surface area (TPSA) is 75.0 Å². The van der Waals surface area contributed by atoms with Crippen LogP contribution in [0.25, 0.3) is 0 Å². The summed E-state index contributed by atoms with van der Waals surface area (Å²) in [7, 11) is 1.52. The van der Waals surface area contributed by atoms with Gasteiger partial charge in [-0.2, -0.15) is 5.26 Å². The SMILES string of the molecule is COc1ccc(Cl)c(NC(=O)c2ccc(C#N)cn2)c1. The number of carbonyl (C=O) groups is 1. The molecule has 100 valence electrons. The number of carbonyl (C=O) groups excluding carboxylic acids is 1. The normalized spacial score (nSPS) is 9.65. The van der Waals surface area contributed by atoms with Gasteiger partial charge in [-0.05, 0) is 24.3 Å². The summed E-state index contributed by atoms with van der Waals surface area (Å²) in [6, 6.07) is 9.87. The lowest BCUT2D eigenvalue weighted by Gasteiger charge is -2.08. The first-order valence-corrected chi connectivity index (χ1v) is 6.03. The zero-order valence-corrected chi connectivity index (χ0v) is 11.3. The highest BCUT2D eigenvalue weighted by molar-refractivity contribution is 6.34. The highest BCUT2D eigenvalue weighted by Crippen LogP contribution is 2.26. The van der Waals surface area contributed by atoms with Crippen LogP contribution in [0.4, 0.5) is 5.69 Å². The second kappa shape index (κ2) is 6.04. The van der Waals surface area contributed by atoms with E-state index in [2.05, 4.69) is 10.3 Å². The van der Waals surface area contributed by atoms with Crippen molar-refractivity contribution in [3.63, 3.8) is 0 Å². The Kier molecular flexibility index (Phi) is 4.18. The second-order valence-electron chi connectivity index (χ2n) is 3.84. The molecule has 2 aromatic rings. The molecule has 0 fully saturated rings. The Balaban J connectivity index is 2.20. The smallest absolute Gasteiger partial charge is 0.274 e. The third-order valence-electron chi connectivity index (χ3n) is 2.55. The maximum absolute atomic E-state index is 12.0. The standard InChI is InChI=1S/C14H10ClN3O2/c1-20-10-3-4-11(15)13(6-10)18-14(19)12-5-2-9(7-16)8-17-12/h2-6,8H,1H3,(H,18,19). The zero-order chi connectivity index (χ0) is 14.5. The van der Waals surface area contributed by atoms with Gasteiger partial charge in [0.25, 0.3) is 5.91 Å². The molecule has 1 aromatic heterocycles. The third-order valence-corrected chi connectivity index (χ3v) is 2.88. The van der Waals surface area contributed by atoms with Crippen LogP contribution in [0.3, 0.4) is 0 Å². The number of nitrogens with one attached hydrogen (secondary N) is 1. The molecule has 0 radical (unpaired) electrons. The van der Waals surface area contributed by atoms with Crippen LogP contribution in [0.2, 0.25) is 5.02 Å². The minimum atomic E-state index is -0.412. The number of nitriles is 1. The molecule has 0 spiro atoms. The van der Waals surface area contributed by atoms with Gasteiger partial charge < -0.3 is 10.1 Å². The minimum Gasteiger partial charge on any atom is -0.497 e. The molecule has 1 heterocycles. The van der Waals surface area contributed by atoms with E-state index < -0.39 is 5.91 Å². The van der Waals surface area contributed by atoms with Crippen molar-refractivity contribution in [1.82, 2.24) is 4.98 Å². The summed E-state index contributed by atoms with van der Waals surface area (Å²) in [6.07, 6.45) is 1.34. The molecule has 0 aliphatic rings. The predicted molar refractivity (Wildman–Crippen MR) is 74.9 cm³/mol. The number of amides is 1. The Labute approximate surface area is 120 Å². The van der Waals surface area contributed by atoms with Crippen LogP contribution in [0, 0.1) is 11.3 Å².